The van der Waals surface area contributed by atoms with Crippen LogP contribution in [0.3, 0.4) is 0 Å². The van der Waals surface area contributed by atoms with E-state index in [1.807, 2.05) is 0 Å². The van der Waals surface area contributed by atoms with E-state index in [1.165, 1.54) is 0 Å². The van der Waals surface area contributed by atoms with Crippen LogP contribution in [0.25, 0.3) is 0 Å². The maximum absolute atomic E-state index is 9.00. The van der Waals surface area contributed by atoms with Crippen molar-refractivity contribution in [2.24, 2.45) is 0 Å². The van der Waals surface area contributed by atoms with Gasteiger partial charge < -0.3 is 33.9 Å². The van der Waals surface area contributed by atoms with Gasteiger partial charge in [-0.1, -0.05) is 0 Å². The van der Waals surface area contributed by atoms with Gasteiger partial charge >= 0.3 is 48.9 Å². The average Bonchev–Trinajstić information content (AvgIpc) is 2.17. The Morgan fingerprint density at radius 1 is 0.850 bits per heavy atom. The van der Waals surface area contributed by atoms with Gasteiger partial charge in [0.1, 0.15) is 0 Å². The number of carbonyl (C=O) groups is 2. The van der Waals surface area contributed by atoms with Crippen LogP contribution in [-0.4, -0.2) is 136 Å². The monoisotopic (exact) mass is 427 g/mol. The number of carboxylic acids is 2. The van der Waals surface area contributed by atoms with E-state index in [-0.39, 0.29) is 77.0 Å². The second kappa shape index (κ2) is 27.6. The fourth-order valence-corrected chi connectivity index (χ4v) is 0.760. The van der Waals surface area contributed by atoms with Crippen LogP contribution in [-0.2, 0) is 9.59 Å². The summed E-state index contributed by atoms with van der Waals surface area (Å²) in [6, 6.07) is 0. The molecule has 0 aromatic carbocycles. The van der Waals surface area contributed by atoms with Crippen LogP contribution in [0.2, 0.25) is 0 Å². The Morgan fingerprint density at radius 2 is 1.00 bits per heavy atom. The molecule has 10 heteroatoms. The molecule has 7 N–H and O–H groups in total. The summed E-state index contributed by atoms with van der Waals surface area (Å²) in [6.07, 6.45) is 0. The number of carboxylic acid groups (broad SMARTS) is 2. The van der Waals surface area contributed by atoms with Crippen molar-refractivity contribution >= 4 is 60.8 Å². The summed E-state index contributed by atoms with van der Waals surface area (Å²) >= 11 is 0. The molecule has 0 aromatic heterocycles. The molecular weight excluding hydrogens is 399 g/mol. The van der Waals surface area contributed by atoms with Crippen LogP contribution < -0.4 is 0 Å². The predicted octanol–water partition coefficient (Wildman–Crippen LogP) is -2.53. The molecule has 122 valence electrons. The van der Waals surface area contributed by atoms with E-state index in [1.54, 1.807) is 4.90 Å². The van der Waals surface area contributed by atoms with Gasteiger partial charge in [-0.15, -0.1) is 0 Å². The summed E-state index contributed by atoms with van der Waals surface area (Å²) in [5, 5.41) is 40.3. The molecule has 0 spiro atoms. The van der Waals surface area contributed by atoms with Gasteiger partial charge in [-0.2, -0.15) is 0 Å². The molecule has 9 nitrogen and oxygen atoms in total. The number of aliphatic hydroxyl groups is 3. The molecule has 0 aliphatic rings. The molecular formula is C10H27BaNO8. The van der Waals surface area contributed by atoms with Gasteiger partial charge in [0, 0.05) is 33.5 Å². The van der Waals surface area contributed by atoms with Crippen molar-refractivity contribution < 1.29 is 43.5 Å². The number of rotatable bonds is 6. The van der Waals surface area contributed by atoms with Gasteiger partial charge in [-0.25, -0.2) is 0 Å². The molecule has 0 saturated carbocycles. The van der Waals surface area contributed by atoms with Crippen LogP contribution in [0.15, 0.2) is 0 Å². The van der Waals surface area contributed by atoms with Crippen molar-refractivity contribution in [1.82, 2.24) is 4.90 Å². The van der Waals surface area contributed by atoms with Gasteiger partial charge in [-0.3, -0.25) is 14.5 Å². The summed E-state index contributed by atoms with van der Waals surface area (Å²) < 4.78 is 0. The van der Waals surface area contributed by atoms with Gasteiger partial charge in [-0.05, 0) is 0 Å². The molecule has 0 bridgehead atoms. The number of aliphatic hydroxyl groups excluding tert-OH is 3. The second-order valence-corrected chi connectivity index (χ2v) is 3.05. The number of hydrogen-bond acceptors (Lipinski definition) is 6. The Kier molecular flexibility index (Phi) is 44.6. The zero-order chi connectivity index (χ0) is 15.0. The van der Waals surface area contributed by atoms with Gasteiger partial charge in [0.25, 0.3) is 11.9 Å². The zero-order valence-electron chi connectivity index (χ0n) is 13.9. The van der Waals surface area contributed by atoms with Gasteiger partial charge in [0.05, 0.1) is 19.8 Å². The van der Waals surface area contributed by atoms with Gasteiger partial charge in [0.2, 0.25) is 0 Å². The van der Waals surface area contributed by atoms with Crippen LogP contribution >= 0.6 is 0 Å². The first-order valence-electron chi connectivity index (χ1n) is 5.25. The molecule has 0 rings (SSSR count). The minimum Gasteiger partial charge on any atom is -1.00 e. The maximum Gasteiger partial charge on any atom is 2.00 e. The van der Waals surface area contributed by atoms with Gasteiger partial charge in [0.15, 0.2) is 0 Å². The fourth-order valence-electron chi connectivity index (χ4n) is 0.760. The molecule has 0 radical (unpaired) electrons. The second-order valence-electron chi connectivity index (χ2n) is 3.05. The summed E-state index contributed by atoms with van der Waals surface area (Å²) in [4.78, 5) is 19.8. The van der Waals surface area contributed by atoms with Crippen molar-refractivity contribution in [2.45, 2.75) is 13.8 Å². The normalized spacial score (nSPS) is 7.90. The van der Waals surface area contributed by atoms with Crippen molar-refractivity contribution in [3.63, 3.8) is 0 Å². The molecule has 0 aliphatic heterocycles. The smallest absolute Gasteiger partial charge is 1.00 e. The van der Waals surface area contributed by atoms with E-state index in [0.717, 1.165) is 13.8 Å². The van der Waals surface area contributed by atoms with Crippen LogP contribution in [0, 0.1) is 0 Å². The maximum atomic E-state index is 9.00. The van der Waals surface area contributed by atoms with E-state index in [4.69, 9.17) is 35.1 Å². The minimum atomic E-state index is -0.833. The molecule has 0 amide bonds. The minimum absolute atomic E-state index is 0. The third-order valence-corrected chi connectivity index (χ3v) is 1.25. The third-order valence-electron chi connectivity index (χ3n) is 1.25. The Bertz CT molecular complexity index is 181. The van der Waals surface area contributed by atoms with E-state index >= 15 is 0 Å². The Balaban J connectivity index is -0.0000000325. The third kappa shape index (κ3) is 63.3. The van der Waals surface area contributed by atoms with Crippen molar-refractivity contribution in [1.29, 1.82) is 0 Å². The zero-order valence-corrected chi connectivity index (χ0v) is 16.4. The van der Waals surface area contributed by atoms with Crippen molar-refractivity contribution in [2.75, 3.05) is 39.5 Å². The molecule has 0 fully saturated rings. The summed E-state index contributed by atoms with van der Waals surface area (Å²) in [5.74, 6) is -1.67. The molecule has 0 unspecified atom stereocenters. The van der Waals surface area contributed by atoms with E-state index in [0.29, 0.717) is 19.6 Å². The topological polar surface area (TPSA) is 170 Å². The summed E-state index contributed by atoms with van der Waals surface area (Å²) in [5.41, 5.74) is 0. The largest absolute Gasteiger partial charge is 2.00 e. The Morgan fingerprint density at radius 3 is 1.10 bits per heavy atom. The average molecular weight is 427 g/mol. The molecule has 0 aromatic rings. The summed E-state index contributed by atoms with van der Waals surface area (Å²) in [6.45, 7) is 3.92. The molecule has 0 saturated heterocycles. The molecule has 20 heavy (non-hydrogen) atoms. The quantitative estimate of drug-likeness (QED) is 0.289. The number of aliphatic carboxylic acids is 2. The molecule has 0 heterocycles. The Labute approximate surface area is 161 Å². The standard InChI is InChI=1S/C6H15NO3.2C2H4O2.Ba.H2O.2H/c8-4-1-7(2-5-9)3-6-10;2*1-2(3)4;;;;/h8-10H,1-6H2;2*1H3,(H,3,4);;1H2;;/q;;;+2;;2*-1. The van der Waals surface area contributed by atoms with E-state index in [2.05, 4.69) is 0 Å². The summed E-state index contributed by atoms with van der Waals surface area (Å²) in [7, 11) is 0. The number of nitrogens with zero attached hydrogens (tertiary/aromatic N) is 1. The van der Waals surface area contributed by atoms with Crippen molar-refractivity contribution in [3.05, 3.63) is 0 Å². The first-order valence-corrected chi connectivity index (χ1v) is 5.25. The Hall–Kier alpha value is 0.311. The fraction of sp³-hybridized carbons (Fsp3) is 0.800. The van der Waals surface area contributed by atoms with Crippen LogP contribution in [0.5, 0.6) is 0 Å². The van der Waals surface area contributed by atoms with Crippen LogP contribution in [0.4, 0.5) is 0 Å². The molecule has 0 atom stereocenters. The first-order chi connectivity index (χ1) is 8.31. The van der Waals surface area contributed by atoms with E-state index in [9.17, 15) is 0 Å². The van der Waals surface area contributed by atoms with Crippen molar-refractivity contribution in [3.8, 4) is 0 Å². The van der Waals surface area contributed by atoms with E-state index < -0.39 is 11.9 Å². The predicted molar refractivity (Wildman–Crippen MR) is 75.9 cm³/mol. The first kappa shape index (κ1) is 32.3. The van der Waals surface area contributed by atoms with Crippen LogP contribution in [0.1, 0.15) is 16.7 Å². The number of hydrogen-bond donors (Lipinski definition) is 5. The molecule has 0 aliphatic carbocycles. The SMILES string of the molecule is CC(=O)O.CC(=O)O.O.OCCN(CCO)CCO.[Ba+2].[H-].[H-].